The van der Waals surface area contributed by atoms with Gasteiger partial charge in [0.05, 0.1) is 6.04 Å². The van der Waals surface area contributed by atoms with Crippen LogP contribution in [0.15, 0.2) is 18.2 Å². The number of nitrogens with one attached hydrogen (secondary N) is 1. The summed E-state index contributed by atoms with van der Waals surface area (Å²) in [7, 11) is 1.80. The molecule has 0 bridgehead atoms. The van der Waals surface area contributed by atoms with Crippen LogP contribution in [0.5, 0.6) is 0 Å². The van der Waals surface area contributed by atoms with Crippen LogP contribution in [0.4, 0.5) is 10.1 Å². The minimum absolute atomic E-state index is 0.0773. The van der Waals surface area contributed by atoms with Gasteiger partial charge in [0.15, 0.2) is 0 Å². The molecule has 0 saturated carbocycles. The summed E-state index contributed by atoms with van der Waals surface area (Å²) in [6, 6.07) is 4.43. The lowest BCUT2D eigenvalue weighted by atomic mass is 10.0. The van der Waals surface area contributed by atoms with Gasteiger partial charge in [-0.15, -0.1) is 0 Å². The molecule has 1 aliphatic rings. The van der Waals surface area contributed by atoms with Gasteiger partial charge >= 0.3 is 0 Å². The van der Waals surface area contributed by atoms with Crippen LogP contribution in [0.25, 0.3) is 0 Å². The Morgan fingerprint density at radius 3 is 2.88 bits per heavy atom. The van der Waals surface area contributed by atoms with Gasteiger partial charge in [-0.1, -0.05) is 0 Å². The quantitative estimate of drug-likeness (QED) is 0.850. The number of nitrogens with zero attached hydrogens (tertiary/aromatic N) is 1. The van der Waals surface area contributed by atoms with Gasteiger partial charge in [0, 0.05) is 12.2 Å². The number of benzene rings is 1. The van der Waals surface area contributed by atoms with Gasteiger partial charge in [0.2, 0.25) is 5.91 Å². The molecule has 0 aromatic heterocycles. The molecule has 1 aromatic rings. The third-order valence-corrected chi connectivity index (χ3v) is 3.24. The SMILES string of the molecule is CNC1CCCN(c2ccc(F)cc2C)C1=O. The Labute approximate surface area is 101 Å². The van der Waals surface area contributed by atoms with Crippen LogP contribution in [-0.4, -0.2) is 25.5 Å². The number of anilines is 1. The van der Waals surface area contributed by atoms with Crippen LogP contribution in [0.3, 0.4) is 0 Å². The molecule has 1 unspecified atom stereocenters. The van der Waals surface area contributed by atoms with Crippen molar-refractivity contribution < 1.29 is 9.18 Å². The zero-order chi connectivity index (χ0) is 12.4. The maximum atomic E-state index is 13.0. The fourth-order valence-corrected chi connectivity index (χ4v) is 2.30. The average molecular weight is 236 g/mol. The number of carbonyl (C=O) groups excluding carboxylic acids is 1. The Bertz CT molecular complexity index is 433. The molecule has 0 aliphatic carbocycles. The molecule has 1 fully saturated rings. The number of amides is 1. The second kappa shape index (κ2) is 4.84. The standard InChI is InChI=1S/C13H17FN2O/c1-9-8-10(14)5-6-12(9)16-7-3-4-11(15-2)13(16)17/h5-6,8,11,15H,3-4,7H2,1-2H3. The maximum absolute atomic E-state index is 13.0. The van der Waals surface area contributed by atoms with Crippen LogP contribution in [0.1, 0.15) is 18.4 Å². The summed E-state index contributed by atoms with van der Waals surface area (Å²) in [6.07, 6.45) is 1.83. The van der Waals surface area contributed by atoms with Gasteiger partial charge in [-0.3, -0.25) is 4.79 Å². The molecule has 1 aliphatic heterocycles. The third kappa shape index (κ3) is 2.31. The molecule has 1 saturated heterocycles. The minimum atomic E-state index is -0.263. The van der Waals surface area contributed by atoms with E-state index in [-0.39, 0.29) is 17.8 Å². The first-order valence-electron chi connectivity index (χ1n) is 5.88. The van der Waals surface area contributed by atoms with Crippen molar-refractivity contribution in [3.05, 3.63) is 29.6 Å². The first-order chi connectivity index (χ1) is 8.13. The zero-order valence-corrected chi connectivity index (χ0v) is 10.2. The Balaban J connectivity index is 2.29. The van der Waals surface area contributed by atoms with Crippen LogP contribution >= 0.6 is 0 Å². The van der Waals surface area contributed by atoms with Crippen LogP contribution in [0, 0.1) is 12.7 Å². The summed E-state index contributed by atoms with van der Waals surface area (Å²) in [5.74, 6) is -0.186. The van der Waals surface area contributed by atoms with E-state index in [4.69, 9.17) is 0 Å². The molecule has 1 atom stereocenters. The largest absolute Gasteiger partial charge is 0.311 e. The smallest absolute Gasteiger partial charge is 0.244 e. The second-order valence-corrected chi connectivity index (χ2v) is 4.40. The fraction of sp³-hybridized carbons (Fsp3) is 0.462. The molecular formula is C13H17FN2O. The van der Waals surface area contributed by atoms with Crippen molar-refractivity contribution in [3.8, 4) is 0 Å². The summed E-state index contributed by atoms with van der Waals surface area (Å²) in [5.41, 5.74) is 1.62. The summed E-state index contributed by atoms with van der Waals surface area (Å²) in [4.78, 5) is 13.9. The minimum Gasteiger partial charge on any atom is -0.311 e. The van der Waals surface area contributed by atoms with Gasteiger partial charge in [0.25, 0.3) is 0 Å². The molecule has 4 heteroatoms. The molecule has 17 heavy (non-hydrogen) atoms. The van der Waals surface area contributed by atoms with E-state index in [0.29, 0.717) is 6.54 Å². The van der Waals surface area contributed by atoms with Crippen molar-refractivity contribution in [1.82, 2.24) is 5.32 Å². The number of aryl methyl sites for hydroxylation is 1. The van der Waals surface area contributed by atoms with Crippen molar-refractivity contribution in [2.45, 2.75) is 25.8 Å². The number of rotatable bonds is 2. The second-order valence-electron chi connectivity index (χ2n) is 4.40. The van der Waals surface area contributed by atoms with Gasteiger partial charge in [-0.2, -0.15) is 0 Å². The van der Waals surface area contributed by atoms with E-state index in [2.05, 4.69) is 5.32 Å². The molecule has 3 nitrogen and oxygen atoms in total. The van der Waals surface area contributed by atoms with E-state index in [1.165, 1.54) is 12.1 Å². The first kappa shape index (κ1) is 12.0. The topological polar surface area (TPSA) is 32.3 Å². The molecule has 92 valence electrons. The summed E-state index contributed by atoms with van der Waals surface area (Å²) in [5, 5.41) is 3.02. The Kier molecular flexibility index (Phi) is 3.43. The van der Waals surface area contributed by atoms with E-state index in [1.54, 1.807) is 18.0 Å². The number of carbonyl (C=O) groups is 1. The zero-order valence-electron chi connectivity index (χ0n) is 10.2. The highest BCUT2D eigenvalue weighted by molar-refractivity contribution is 5.98. The fourth-order valence-electron chi connectivity index (χ4n) is 2.30. The molecule has 0 spiro atoms. The predicted molar refractivity (Wildman–Crippen MR) is 65.6 cm³/mol. The number of hydrogen-bond acceptors (Lipinski definition) is 2. The average Bonchev–Trinajstić information content (AvgIpc) is 2.30. The summed E-state index contributed by atoms with van der Waals surface area (Å²) in [6.45, 7) is 2.54. The van der Waals surface area contributed by atoms with E-state index in [0.717, 1.165) is 24.1 Å². The Morgan fingerprint density at radius 2 is 2.24 bits per heavy atom. The number of piperidine rings is 1. The number of likely N-dealkylation sites (N-methyl/N-ethyl adjacent to an activating group) is 1. The van der Waals surface area contributed by atoms with E-state index >= 15 is 0 Å². The van der Waals surface area contributed by atoms with Gasteiger partial charge in [-0.25, -0.2) is 4.39 Å². The van der Waals surface area contributed by atoms with E-state index in [1.807, 2.05) is 6.92 Å². The van der Waals surface area contributed by atoms with Crippen molar-refractivity contribution >= 4 is 11.6 Å². The van der Waals surface area contributed by atoms with Crippen LogP contribution in [0.2, 0.25) is 0 Å². The lowest BCUT2D eigenvalue weighted by molar-refractivity contribution is -0.121. The molecule has 2 rings (SSSR count). The van der Waals surface area contributed by atoms with Crippen LogP contribution in [-0.2, 0) is 4.79 Å². The molecule has 0 radical (unpaired) electrons. The molecular weight excluding hydrogens is 219 g/mol. The van der Waals surface area contributed by atoms with E-state index in [9.17, 15) is 9.18 Å². The third-order valence-electron chi connectivity index (χ3n) is 3.24. The highest BCUT2D eigenvalue weighted by Crippen LogP contribution is 2.25. The predicted octanol–water partition coefficient (Wildman–Crippen LogP) is 1.85. The summed E-state index contributed by atoms with van der Waals surface area (Å²) >= 11 is 0. The molecule has 1 N–H and O–H groups in total. The van der Waals surface area contributed by atoms with Gasteiger partial charge in [-0.05, 0) is 50.6 Å². The normalized spacial score (nSPS) is 20.8. The summed E-state index contributed by atoms with van der Waals surface area (Å²) < 4.78 is 13.0. The lowest BCUT2D eigenvalue weighted by Gasteiger charge is -2.33. The molecule has 1 amide bonds. The van der Waals surface area contributed by atoms with Crippen molar-refractivity contribution in [2.75, 3.05) is 18.5 Å². The molecule has 1 aromatic carbocycles. The monoisotopic (exact) mass is 236 g/mol. The van der Waals surface area contributed by atoms with E-state index < -0.39 is 0 Å². The van der Waals surface area contributed by atoms with Crippen molar-refractivity contribution in [1.29, 1.82) is 0 Å². The lowest BCUT2D eigenvalue weighted by Crippen LogP contribution is -2.50. The van der Waals surface area contributed by atoms with Gasteiger partial charge in [0.1, 0.15) is 5.82 Å². The number of hydrogen-bond donors (Lipinski definition) is 1. The molecule has 1 heterocycles. The number of halogens is 1. The highest BCUT2D eigenvalue weighted by Gasteiger charge is 2.28. The van der Waals surface area contributed by atoms with Crippen molar-refractivity contribution in [2.24, 2.45) is 0 Å². The van der Waals surface area contributed by atoms with Crippen molar-refractivity contribution in [3.63, 3.8) is 0 Å². The Hall–Kier alpha value is -1.42. The van der Waals surface area contributed by atoms with Gasteiger partial charge < -0.3 is 10.2 Å². The Morgan fingerprint density at radius 1 is 1.47 bits per heavy atom. The first-order valence-corrected chi connectivity index (χ1v) is 5.88. The maximum Gasteiger partial charge on any atom is 0.244 e. The van der Waals surface area contributed by atoms with Crippen LogP contribution < -0.4 is 10.2 Å². The highest BCUT2D eigenvalue weighted by atomic mass is 19.1.